The molecule has 0 aromatic heterocycles. The van der Waals surface area contributed by atoms with Crippen molar-refractivity contribution in [1.29, 1.82) is 0 Å². The minimum absolute atomic E-state index is 0.155. The van der Waals surface area contributed by atoms with Gasteiger partial charge in [0.05, 0.1) is 0 Å². The van der Waals surface area contributed by atoms with E-state index >= 15 is 0 Å². The van der Waals surface area contributed by atoms with Crippen molar-refractivity contribution in [3.05, 3.63) is 0 Å². The smallest absolute Gasteiger partial charge is 0.138 e. The van der Waals surface area contributed by atoms with Gasteiger partial charge >= 0.3 is 0 Å². The van der Waals surface area contributed by atoms with Crippen molar-refractivity contribution in [1.82, 2.24) is 0 Å². The number of hydrogen-bond donors (Lipinski definition) is 1. The first-order valence-corrected chi connectivity index (χ1v) is 6.39. The van der Waals surface area contributed by atoms with Gasteiger partial charge in [0, 0.05) is 18.4 Å². The van der Waals surface area contributed by atoms with Crippen LogP contribution in [-0.4, -0.2) is 11.8 Å². The zero-order valence-corrected chi connectivity index (χ0v) is 9.80. The lowest BCUT2D eigenvalue weighted by molar-refractivity contribution is -0.125. The highest BCUT2D eigenvalue weighted by molar-refractivity contribution is 5.82. The first-order valence-electron chi connectivity index (χ1n) is 6.39. The molecule has 15 heavy (non-hydrogen) atoms. The third-order valence-electron chi connectivity index (χ3n) is 4.39. The molecule has 0 aromatic carbocycles. The standard InChI is InChI=1S/C13H23NO/c1-13(7-2-3-8-13)9-12(15)10-5-4-6-11(10)14/h10-11H,2-9,14H2,1H3. The van der Waals surface area contributed by atoms with E-state index in [2.05, 4.69) is 6.92 Å². The molecular weight excluding hydrogens is 186 g/mol. The first kappa shape index (κ1) is 11.1. The molecule has 2 heteroatoms. The van der Waals surface area contributed by atoms with Crippen LogP contribution in [0, 0.1) is 11.3 Å². The third kappa shape index (κ3) is 2.41. The van der Waals surface area contributed by atoms with E-state index in [-0.39, 0.29) is 12.0 Å². The topological polar surface area (TPSA) is 43.1 Å². The van der Waals surface area contributed by atoms with Gasteiger partial charge in [-0.3, -0.25) is 4.79 Å². The second-order valence-corrected chi connectivity index (χ2v) is 5.86. The lowest BCUT2D eigenvalue weighted by Crippen LogP contribution is -2.33. The number of nitrogens with two attached hydrogens (primary N) is 1. The molecule has 2 fully saturated rings. The van der Waals surface area contributed by atoms with Gasteiger partial charge in [-0.1, -0.05) is 26.2 Å². The fraction of sp³-hybridized carbons (Fsp3) is 0.923. The fourth-order valence-electron chi connectivity index (χ4n) is 3.35. The highest BCUT2D eigenvalue weighted by Gasteiger charge is 2.36. The molecule has 2 unspecified atom stereocenters. The van der Waals surface area contributed by atoms with Crippen molar-refractivity contribution in [2.45, 2.75) is 64.3 Å². The average molecular weight is 209 g/mol. The summed E-state index contributed by atoms with van der Waals surface area (Å²) in [5, 5.41) is 0. The molecule has 2 rings (SSSR count). The van der Waals surface area contributed by atoms with Crippen LogP contribution in [0.2, 0.25) is 0 Å². The van der Waals surface area contributed by atoms with Crippen molar-refractivity contribution in [2.75, 3.05) is 0 Å². The van der Waals surface area contributed by atoms with E-state index < -0.39 is 0 Å². The number of carbonyl (C=O) groups is 1. The Balaban J connectivity index is 1.91. The van der Waals surface area contributed by atoms with E-state index in [1.54, 1.807) is 0 Å². The van der Waals surface area contributed by atoms with Gasteiger partial charge in [0.15, 0.2) is 0 Å². The van der Waals surface area contributed by atoms with Crippen LogP contribution >= 0.6 is 0 Å². The lowest BCUT2D eigenvalue weighted by Gasteiger charge is -2.25. The second-order valence-electron chi connectivity index (χ2n) is 5.86. The zero-order chi connectivity index (χ0) is 10.9. The van der Waals surface area contributed by atoms with Crippen molar-refractivity contribution in [3.63, 3.8) is 0 Å². The first-order chi connectivity index (χ1) is 7.11. The Morgan fingerprint density at radius 3 is 2.47 bits per heavy atom. The van der Waals surface area contributed by atoms with Crippen LogP contribution in [0.3, 0.4) is 0 Å². The zero-order valence-electron chi connectivity index (χ0n) is 9.80. The summed E-state index contributed by atoms with van der Waals surface area (Å²) in [7, 11) is 0. The largest absolute Gasteiger partial charge is 0.327 e. The Bertz CT molecular complexity index is 243. The number of carbonyl (C=O) groups excluding carboxylic acids is 1. The van der Waals surface area contributed by atoms with E-state index in [4.69, 9.17) is 5.73 Å². The van der Waals surface area contributed by atoms with Gasteiger partial charge in [-0.2, -0.15) is 0 Å². The van der Waals surface area contributed by atoms with Gasteiger partial charge in [0.25, 0.3) is 0 Å². The van der Waals surface area contributed by atoms with Crippen molar-refractivity contribution < 1.29 is 4.79 Å². The molecule has 2 nitrogen and oxygen atoms in total. The Labute approximate surface area is 92.6 Å². The van der Waals surface area contributed by atoms with Crippen LogP contribution in [0.15, 0.2) is 0 Å². The summed E-state index contributed by atoms with van der Waals surface area (Å²) >= 11 is 0. The Kier molecular flexibility index (Phi) is 3.15. The predicted octanol–water partition coefficient (Wildman–Crippen LogP) is 2.65. The van der Waals surface area contributed by atoms with Crippen LogP contribution < -0.4 is 5.73 Å². The third-order valence-corrected chi connectivity index (χ3v) is 4.39. The fourth-order valence-corrected chi connectivity index (χ4v) is 3.35. The molecule has 86 valence electrons. The summed E-state index contributed by atoms with van der Waals surface area (Å²) < 4.78 is 0. The molecule has 2 atom stereocenters. The van der Waals surface area contributed by atoms with Crippen LogP contribution in [0.4, 0.5) is 0 Å². The summed E-state index contributed by atoms with van der Waals surface area (Å²) in [6, 6.07) is 0.155. The second kappa shape index (κ2) is 4.25. The van der Waals surface area contributed by atoms with Crippen molar-refractivity contribution in [2.24, 2.45) is 17.1 Å². The maximum absolute atomic E-state index is 12.1. The minimum atomic E-state index is 0.155. The predicted molar refractivity (Wildman–Crippen MR) is 61.5 cm³/mol. The molecule has 2 saturated carbocycles. The monoisotopic (exact) mass is 209 g/mol. The van der Waals surface area contributed by atoms with Crippen LogP contribution in [0.25, 0.3) is 0 Å². The number of hydrogen-bond acceptors (Lipinski definition) is 2. The Morgan fingerprint density at radius 2 is 1.93 bits per heavy atom. The minimum Gasteiger partial charge on any atom is -0.327 e. The molecule has 0 bridgehead atoms. The molecule has 2 aliphatic rings. The van der Waals surface area contributed by atoms with Gasteiger partial charge in [-0.15, -0.1) is 0 Å². The Morgan fingerprint density at radius 1 is 1.27 bits per heavy atom. The molecule has 0 radical (unpaired) electrons. The van der Waals surface area contributed by atoms with Gasteiger partial charge in [-0.25, -0.2) is 0 Å². The summed E-state index contributed by atoms with van der Waals surface area (Å²) in [4.78, 5) is 12.1. The quantitative estimate of drug-likeness (QED) is 0.776. The maximum Gasteiger partial charge on any atom is 0.138 e. The molecule has 0 spiro atoms. The maximum atomic E-state index is 12.1. The SMILES string of the molecule is CC1(CC(=O)C2CCCC2N)CCCC1. The van der Waals surface area contributed by atoms with Crippen molar-refractivity contribution >= 4 is 5.78 Å². The summed E-state index contributed by atoms with van der Waals surface area (Å²) in [5.74, 6) is 0.631. The van der Waals surface area contributed by atoms with Crippen LogP contribution in [-0.2, 0) is 4.79 Å². The molecule has 0 aromatic rings. The van der Waals surface area contributed by atoms with Gasteiger partial charge in [-0.05, 0) is 31.1 Å². The van der Waals surface area contributed by atoms with E-state index in [0.717, 1.165) is 25.7 Å². The molecular formula is C13H23NO. The normalized spacial score (nSPS) is 34.5. The van der Waals surface area contributed by atoms with Crippen molar-refractivity contribution in [3.8, 4) is 0 Å². The Hall–Kier alpha value is -0.370. The number of Topliss-reactive ketones (excluding diaryl/α,β-unsaturated/α-hetero) is 1. The summed E-state index contributed by atoms with van der Waals surface area (Å²) in [5.41, 5.74) is 6.28. The molecule has 0 amide bonds. The molecule has 0 heterocycles. The van der Waals surface area contributed by atoms with E-state index in [1.165, 1.54) is 25.7 Å². The number of rotatable bonds is 3. The number of ketones is 1. The lowest BCUT2D eigenvalue weighted by atomic mass is 9.80. The molecule has 2 aliphatic carbocycles. The van der Waals surface area contributed by atoms with Crippen LogP contribution in [0.1, 0.15) is 58.3 Å². The summed E-state index contributed by atoms with van der Waals surface area (Å²) in [6.45, 7) is 2.28. The van der Waals surface area contributed by atoms with Crippen LogP contribution in [0.5, 0.6) is 0 Å². The molecule has 0 saturated heterocycles. The average Bonchev–Trinajstić information content (AvgIpc) is 2.74. The highest BCUT2D eigenvalue weighted by Crippen LogP contribution is 2.42. The highest BCUT2D eigenvalue weighted by atomic mass is 16.1. The van der Waals surface area contributed by atoms with E-state index in [9.17, 15) is 4.79 Å². The summed E-state index contributed by atoms with van der Waals surface area (Å²) in [6.07, 6.45) is 9.10. The van der Waals surface area contributed by atoms with Gasteiger partial charge in [0.2, 0.25) is 0 Å². The molecule has 0 aliphatic heterocycles. The van der Waals surface area contributed by atoms with E-state index in [0.29, 0.717) is 11.2 Å². The van der Waals surface area contributed by atoms with Gasteiger partial charge < -0.3 is 5.73 Å². The van der Waals surface area contributed by atoms with E-state index in [1.807, 2.05) is 0 Å². The molecule has 2 N–H and O–H groups in total. The van der Waals surface area contributed by atoms with Gasteiger partial charge in [0.1, 0.15) is 5.78 Å².